The molecular weight excluding hydrogens is 455 g/mol. The maximum absolute atomic E-state index is 13.1. The molecule has 4 rings (SSSR count). The fourth-order valence-electron chi connectivity index (χ4n) is 3.42. The highest BCUT2D eigenvalue weighted by Gasteiger charge is 2.26. The van der Waals surface area contributed by atoms with Crippen molar-refractivity contribution in [1.29, 1.82) is 0 Å². The molecule has 162 valence electrons. The normalized spacial score (nSPS) is 15.8. The lowest BCUT2D eigenvalue weighted by Crippen LogP contribution is -2.40. The fraction of sp³-hybridized carbons (Fsp3) is 0.304. The largest absolute Gasteiger partial charge is 0.484 e. The summed E-state index contributed by atoms with van der Waals surface area (Å²) in [6.07, 6.45) is 1.91. The summed E-state index contributed by atoms with van der Waals surface area (Å²) in [6.45, 7) is 3.07. The Balaban J connectivity index is 1.54. The third kappa shape index (κ3) is 5.57. The molecule has 1 aromatic heterocycles. The number of ether oxygens (including phenoxy) is 2. The molecule has 0 N–H and O–H groups in total. The summed E-state index contributed by atoms with van der Waals surface area (Å²) in [4.78, 5) is 19.5. The molecule has 0 aliphatic carbocycles. The number of aromatic nitrogens is 1. The Morgan fingerprint density at radius 3 is 2.90 bits per heavy atom. The summed E-state index contributed by atoms with van der Waals surface area (Å²) < 4.78 is 11.5. The van der Waals surface area contributed by atoms with Crippen LogP contribution < -0.4 is 9.64 Å². The molecule has 0 spiro atoms. The second-order valence-corrected chi connectivity index (χ2v) is 9.06. The molecule has 2 aromatic carbocycles. The molecule has 8 heteroatoms. The van der Waals surface area contributed by atoms with Gasteiger partial charge in [-0.3, -0.25) is 9.69 Å². The van der Waals surface area contributed by atoms with Crippen molar-refractivity contribution in [3.05, 3.63) is 63.5 Å². The van der Waals surface area contributed by atoms with Crippen LogP contribution in [0.1, 0.15) is 18.4 Å². The topological polar surface area (TPSA) is 51.7 Å². The van der Waals surface area contributed by atoms with Crippen molar-refractivity contribution in [3.63, 3.8) is 0 Å². The van der Waals surface area contributed by atoms with Gasteiger partial charge < -0.3 is 9.47 Å². The number of nitrogens with zero attached hydrogens (tertiary/aromatic N) is 2. The molecule has 1 fully saturated rings. The Morgan fingerprint density at radius 1 is 1.29 bits per heavy atom. The summed E-state index contributed by atoms with van der Waals surface area (Å²) in [5.74, 6) is 0.498. The van der Waals surface area contributed by atoms with Gasteiger partial charge in [-0.05, 0) is 55.7 Å². The van der Waals surface area contributed by atoms with Gasteiger partial charge in [0.1, 0.15) is 5.75 Å². The maximum atomic E-state index is 13.1. The second kappa shape index (κ2) is 10.0. The average Bonchev–Trinajstić information content (AvgIpc) is 3.42. The molecule has 31 heavy (non-hydrogen) atoms. The van der Waals surface area contributed by atoms with E-state index in [0.29, 0.717) is 33.2 Å². The number of anilines is 1. The zero-order valence-corrected chi connectivity index (χ0v) is 19.3. The molecule has 0 bridgehead atoms. The second-order valence-electron chi connectivity index (χ2n) is 7.38. The van der Waals surface area contributed by atoms with Crippen LogP contribution in [-0.4, -0.2) is 36.8 Å². The Labute approximate surface area is 195 Å². The number of hydrogen-bond acceptors (Lipinski definition) is 5. The SMILES string of the molecule is Cc1cccc(OCC(=O)N(C[C@H]2CCCO2)c2nc(-c3ccc(Cl)cc3Cl)cs2)c1. The monoisotopic (exact) mass is 476 g/mol. The van der Waals surface area contributed by atoms with Gasteiger partial charge in [-0.15, -0.1) is 11.3 Å². The fourth-order valence-corrected chi connectivity index (χ4v) is 4.77. The Bertz CT molecular complexity index is 1070. The Hall–Kier alpha value is -2.12. The Kier molecular flexibility index (Phi) is 7.13. The first kappa shape index (κ1) is 22.1. The first-order valence-corrected chi connectivity index (χ1v) is 11.7. The van der Waals surface area contributed by atoms with Crippen molar-refractivity contribution >= 4 is 45.6 Å². The summed E-state index contributed by atoms with van der Waals surface area (Å²) in [5.41, 5.74) is 2.55. The minimum Gasteiger partial charge on any atom is -0.484 e. The van der Waals surface area contributed by atoms with Crippen molar-refractivity contribution in [2.24, 2.45) is 0 Å². The highest BCUT2D eigenvalue weighted by molar-refractivity contribution is 7.14. The highest BCUT2D eigenvalue weighted by Crippen LogP contribution is 2.34. The van der Waals surface area contributed by atoms with Gasteiger partial charge in [-0.1, -0.05) is 35.3 Å². The zero-order valence-electron chi connectivity index (χ0n) is 17.0. The molecule has 0 saturated carbocycles. The van der Waals surface area contributed by atoms with Crippen molar-refractivity contribution in [2.75, 3.05) is 24.7 Å². The summed E-state index contributed by atoms with van der Waals surface area (Å²) in [7, 11) is 0. The number of aryl methyl sites for hydroxylation is 1. The van der Waals surface area contributed by atoms with Gasteiger partial charge in [-0.2, -0.15) is 0 Å². The molecule has 5 nitrogen and oxygen atoms in total. The maximum Gasteiger partial charge on any atom is 0.266 e. The van der Waals surface area contributed by atoms with Crippen LogP contribution in [0.15, 0.2) is 47.8 Å². The minimum atomic E-state index is -0.167. The van der Waals surface area contributed by atoms with Crippen LogP contribution in [0.2, 0.25) is 10.0 Å². The van der Waals surface area contributed by atoms with Gasteiger partial charge in [0.05, 0.1) is 23.4 Å². The van der Waals surface area contributed by atoms with Crippen molar-refractivity contribution < 1.29 is 14.3 Å². The van der Waals surface area contributed by atoms with Crippen LogP contribution in [0.3, 0.4) is 0 Å². The van der Waals surface area contributed by atoms with Crippen LogP contribution in [0, 0.1) is 6.92 Å². The predicted octanol–water partition coefficient (Wildman–Crippen LogP) is 6.02. The molecule has 3 aromatic rings. The van der Waals surface area contributed by atoms with Gasteiger partial charge in [0.2, 0.25) is 0 Å². The van der Waals surface area contributed by atoms with Crippen molar-refractivity contribution in [3.8, 4) is 17.0 Å². The van der Waals surface area contributed by atoms with E-state index in [9.17, 15) is 4.79 Å². The molecule has 1 aliphatic rings. The number of benzene rings is 2. The van der Waals surface area contributed by atoms with Gasteiger partial charge >= 0.3 is 0 Å². The first-order valence-electron chi connectivity index (χ1n) is 10.0. The standard InChI is InChI=1S/C23H22Cl2N2O3S/c1-15-4-2-5-17(10-15)30-13-22(28)27(12-18-6-3-9-29-18)23-26-21(14-31-23)19-8-7-16(24)11-20(19)25/h2,4-5,7-8,10-11,14,18H,3,6,9,12-13H2,1H3/t18-/m1/s1. The van der Waals surface area contributed by atoms with E-state index in [2.05, 4.69) is 4.98 Å². The van der Waals surface area contributed by atoms with Crippen LogP contribution >= 0.6 is 34.5 Å². The third-order valence-electron chi connectivity index (χ3n) is 4.99. The van der Waals surface area contributed by atoms with E-state index in [1.165, 1.54) is 11.3 Å². The molecule has 2 heterocycles. The number of halogens is 2. The van der Waals surface area contributed by atoms with E-state index in [1.807, 2.05) is 42.6 Å². The van der Waals surface area contributed by atoms with E-state index in [4.69, 9.17) is 32.7 Å². The van der Waals surface area contributed by atoms with Gasteiger partial charge in [0.15, 0.2) is 11.7 Å². The first-order chi connectivity index (χ1) is 15.0. The van der Waals surface area contributed by atoms with E-state index < -0.39 is 0 Å². The Morgan fingerprint density at radius 2 is 2.16 bits per heavy atom. The lowest BCUT2D eigenvalue weighted by Gasteiger charge is -2.23. The van der Waals surface area contributed by atoms with E-state index in [1.54, 1.807) is 17.0 Å². The lowest BCUT2D eigenvalue weighted by atomic mass is 10.2. The molecule has 1 atom stereocenters. The molecule has 1 saturated heterocycles. The van der Waals surface area contributed by atoms with Crippen LogP contribution in [-0.2, 0) is 9.53 Å². The molecule has 1 aliphatic heterocycles. The highest BCUT2D eigenvalue weighted by atomic mass is 35.5. The number of amides is 1. The van der Waals surface area contributed by atoms with E-state index >= 15 is 0 Å². The number of hydrogen-bond donors (Lipinski definition) is 0. The van der Waals surface area contributed by atoms with Crippen LogP contribution in [0.5, 0.6) is 5.75 Å². The minimum absolute atomic E-state index is 0.00519. The van der Waals surface area contributed by atoms with Crippen molar-refractivity contribution in [2.45, 2.75) is 25.9 Å². The third-order valence-corrected chi connectivity index (χ3v) is 6.40. The molecule has 1 amide bonds. The number of rotatable bonds is 7. The van der Waals surface area contributed by atoms with Crippen molar-refractivity contribution in [1.82, 2.24) is 4.98 Å². The summed E-state index contributed by atoms with van der Waals surface area (Å²) in [5, 5.41) is 3.56. The van der Waals surface area contributed by atoms with Gasteiger partial charge in [-0.25, -0.2) is 4.98 Å². The molecule has 0 radical (unpaired) electrons. The lowest BCUT2D eigenvalue weighted by molar-refractivity contribution is -0.120. The van der Waals surface area contributed by atoms with Crippen LogP contribution in [0.25, 0.3) is 11.3 Å². The predicted molar refractivity (Wildman–Crippen MR) is 126 cm³/mol. The molecular formula is C23H22Cl2N2O3S. The van der Waals surface area contributed by atoms with E-state index in [-0.39, 0.29) is 18.6 Å². The quantitative estimate of drug-likeness (QED) is 0.418. The van der Waals surface area contributed by atoms with E-state index in [0.717, 1.165) is 30.6 Å². The number of carbonyl (C=O) groups is 1. The average molecular weight is 477 g/mol. The molecule has 0 unspecified atom stereocenters. The summed E-state index contributed by atoms with van der Waals surface area (Å²) in [6, 6.07) is 12.9. The van der Waals surface area contributed by atoms with Gasteiger partial charge in [0, 0.05) is 22.6 Å². The zero-order chi connectivity index (χ0) is 21.8. The van der Waals surface area contributed by atoms with Gasteiger partial charge in [0.25, 0.3) is 5.91 Å². The smallest absolute Gasteiger partial charge is 0.266 e. The summed E-state index contributed by atoms with van der Waals surface area (Å²) >= 11 is 13.7. The number of carbonyl (C=O) groups excluding carboxylic acids is 1. The van der Waals surface area contributed by atoms with Crippen LogP contribution in [0.4, 0.5) is 5.13 Å². The number of thiazole rings is 1.